The van der Waals surface area contributed by atoms with Crippen molar-refractivity contribution in [3.05, 3.63) is 83.3 Å². The highest BCUT2D eigenvalue weighted by molar-refractivity contribution is 6.31. The first kappa shape index (κ1) is 20.1. The molecular formula is C24H19ClN4O3. The lowest BCUT2D eigenvalue weighted by Crippen LogP contribution is -2.24. The molecule has 0 atom stereocenters. The van der Waals surface area contributed by atoms with Gasteiger partial charge in [-0.3, -0.25) is 9.78 Å². The van der Waals surface area contributed by atoms with Crippen LogP contribution in [0.1, 0.15) is 16.1 Å². The minimum Gasteiger partial charge on any atom is -0.486 e. The molecule has 8 heteroatoms. The van der Waals surface area contributed by atoms with Crippen molar-refractivity contribution in [1.29, 1.82) is 0 Å². The van der Waals surface area contributed by atoms with Gasteiger partial charge in [-0.2, -0.15) is 0 Å². The number of hydrogen-bond acceptors (Lipinski definition) is 6. The van der Waals surface area contributed by atoms with Crippen LogP contribution in [0.3, 0.4) is 0 Å². The molecule has 5 rings (SSSR count). The highest BCUT2D eigenvalue weighted by atomic mass is 35.5. The fourth-order valence-electron chi connectivity index (χ4n) is 3.48. The average molecular weight is 447 g/mol. The molecule has 1 aliphatic heterocycles. The van der Waals surface area contributed by atoms with Gasteiger partial charge < -0.3 is 20.1 Å². The molecule has 0 fully saturated rings. The van der Waals surface area contributed by atoms with Gasteiger partial charge in [-0.1, -0.05) is 23.7 Å². The van der Waals surface area contributed by atoms with E-state index in [0.717, 1.165) is 22.1 Å². The zero-order chi connectivity index (χ0) is 21.9. The molecule has 3 heterocycles. The van der Waals surface area contributed by atoms with E-state index in [-0.39, 0.29) is 5.91 Å². The number of aromatic nitrogens is 2. The van der Waals surface area contributed by atoms with E-state index in [2.05, 4.69) is 20.6 Å². The average Bonchev–Trinajstić information content (AvgIpc) is 2.83. The first-order valence-electron chi connectivity index (χ1n) is 10.1. The molecular weight excluding hydrogens is 428 g/mol. The van der Waals surface area contributed by atoms with Crippen LogP contribution in [-0.2, 0) is 6.54 Å². The largest absolute Gasteiger partial charge is 0.486 e. The van der Waals surface area contributed by atoms with Crippen molar-refractivity contribution in [3.63, 3.8) is 0 Å². The monoisotopic (exact) mass is 446 g/mol. The second-order valence-electron chi connectivity index (χ2n) is 7.24. The number of nitrogens with zero attached hydrogens (tertiary/aromatic N) is 2. The van der Waals surface area contributed by atoms with Crippen LogP contribution in [0.2, 0.25) is 5.02 Å². The Balaban J connectivity index is 1.30. The number of pyridine rings is 2. The molecule has 32 heavy (non-hydrogen) atoms. The van der Waals surface area contributed by atoms with Gasteiger partial charge in [0.2, 0.25) is 0 Å². The van der Waals surface area contributed by atoms with E-state index in [1.807, 2.05) is 42.5 Å². The van der Waals surface area contributed by atoms with Gasteiger partial charge in [0.05, 0.1) is 0 Å². The standard InChI is InChI=1S/C24H19ClN4O3/c25-17-3-2-16-5-7-27-23(19(16)12-17)29-18-6-8-26-20(13-18)24(30)28-14-15-1-4-21-22(11-15)32-10-9-31-21/h1-8,11-13H,9-10,14H2,(H,28,30)(H,26,27,29). The summed E-state index contributed by atoms with van der Waals surface area (Å²) in [5.74, 6) is 1.78. The second kappa shape index (κ2) is 8.72. The van der Waals surface area contributed by atoms with Crippen molar-refractivity contribution in [1.82, 2.24) is 15.3 Å². The molecule has 0 bridgehead atoms. The van der Waals surface area contributed by atoms with Gasteiger partial charge >= 0.3 is 0 Å². The SMILES string of the molecule is O=C(NCc1ccc2c(c1)OCCO2)c1cc(Nc2nccc3ccc(Cl)cc23)ccn1. The van der Waals surface area contributed by atoms with E-state index in [0.29, 0.717) is 47.7 Å². The third-order valence-electron chi connectivity index (χ3n) is 5.04. The number of hydrogen-bond donors (Lipinski definition) is 2. The third-order valence-corrected chi connectivity index (χ3v) is 5.28. The first-order chi connectivity index (χ1) is 15.7. The summed E-state index contributed by atoms with van der Waals surface area (Å²) in [5, 5.41) is 8.68. The molecule has 7 nitrogen and oxygen atoms in total. The Labute approximate surface area is 189 Å². The topological polar surface area (TPSA) is 85.4 Å². The van der Waals surface area contributed by atoms with Crippen molar-refractivity contribution in [2.75, 3.05) is 18.5 Å². The number of benzene rings is 2. The molecule has 2 N–H and O–H groups in total. The Bertz CT molecular complexity index is 1310. The van der Waals surface area contributed by atoms with Crippen molar-refractivity contribution in [3.8, 4) is 11.5 Å². The molecule has 0 saturated heterocycles. The number of carbonyl (C=O) groups excluding carboxylic acids is 1. The van der Waals surface area contributed by atoms with Gasteiger partial charge in [0.25, 0.3) is 5.91 Å². The highest BCUT2D eigenvalue weighted by Crippen LogP contribution is 2.31. The smallest absolute Gasteiger partial charge is 0.270 e. The van der Waals surface area contributed by atoms with Gasteiger partial charge in [0.1, 0.15) is 24.7 Å². The summed E-state index contributed by atoms with van der Waals surface area (Å²) in [7, 11) is 0. The summed E-state index contributed by atoms with van der Waals surface area (Å²) in [4.78, 5) is 21.3. The fraction of sp³-hybridized carbons (Fsp3) is 0.125. The molecule has 0 radical (unpaired) electrons. The number of rotatable bonds is 5. The van der Waals surface area contributed by atoms with Crippen molar-refractivity contribution in [2.45, 2.75) is 6.54 Å². The maximum absolute atomic E-state index is 12.7. The van der Waals surface area contributed by atoms with Crippen LogP contribution in [-0.4, -0.2) is 29.1 Å². The van der Waals surface area contributed by atoms with Crippen LogP contribution in [0.15, 0.2) is 67.0 Å². The number of halogens is 1. The van der Waals surface area contributed by atoms with Crippen molar-refractivity contribution < 1.29 is 14.3 Å². The van der Waals surface area contributed by atoms with Gasteiger partial charge in [0, 0.05) is 35.0 Å². The van der Waals surface area contributed by atoms with Gasteiger partial charge in [-0.25, -0.2) is 4.98 Å². The molecule has 160 valence electrons. The van der Waals surface area contributed by atoms with Crippen molar-refractivity contribution >= 4 is 39.8 Å². The zero-order valence-electron chi connectivity index (χ0n) is 17.0. The molecule has 0 spiro atoms. The lowest BCUT2D eigenvalue weighted by Gasteiger charge is -2.19. The second-order valence-corrected chi connectivity index (χ2v) is 7.68. The number of amides is 1. The van der Waals surface area contributed by atoms with E-state index in [4.69, 9.17) is 21.1 Å². The van der Waals surface area contributed by atoms with Crippen LogP contribution in [0.25, 0.3) is 10.8 Å². The molecule has 1 aliphatic rings. The summed E-state index contributed by atoms with van der Waals surface area (Å²) >= 11 is 6.15. The number of nitrogens with one attached hydrogen (secondary N) is 2. The lowest BCUT2D eigenvalue weighted by molar-refractivity contribution is 0.0946. The molecule has 1 amide bonds. The predicted octanol–water partition coefficient (Wildman–Crippen LogP) is 4.73. The van der Waals surface area contributed by atoms with E-state index in [1.165, 1.54) is 0 Å². The molecule has 0 saturated carbocycles. The number of anilines is 2. The third kappa shape index (κ3) is 4.29. The molecule has 0 aliphatic carbocycles. The summed E-state index contributed by atoms with van der Waals surface area (Å²) in [5.41, 5.74) is 1.91. The number of fused-ring (bicyclic) bond motifs is 2. The van der Waals surface area contributed by atoms with E-state index < -0.39 is 0 Å². The Kier molecular flexibility index (Phi) is 5.47. The Hall–Kier alpha value is -3.84. The van der Waals surface area contributed by atoms with Crippen LogP contribution < -0.4 is 20.1 Å². The van der Waals surface area contributed by atoms with Gasteiger partial charge in [0.15, 0.2) is 11.5 Å². The summed E-state index contributed by atoms with van der Waals surface area (Å²) in [6, 6.07) is 16.6. The van der Waals surface area contributed by atoms with Gasteiger partial charge in [-0.05, 0) is 53.4 Å². The predicted molar refractivity (Wildman–Crippen MR) is 123 cm³/mol. The molecule has 2 aromatic carbocycles. The summed E-state index contributed by atoms with van der Waals surface area (Å²) in [6.45, 7) is 1.41. The molecule has 2 aromatic heterocycles. The first-order valence-corrected chi connectivity index (χ1v) is 10.5. The van der Waals surface area contributed by atoms with Crippen LogP contribution in [0, 0.1) is 0 Å². The van der Waals surface area contributed by atoms with Crippen LogP contribution in [0.5, 0.6) is 11.5 Å². The highest BCUT2D eigenvalue weighted by Gasteiger charge is 2.13. The zero-order valence-corrected chi connectivity index (χ0v) is 17.7. The quantitative estimate of drug-likeness (QED) is 0.461. The Morgan fingerprint density at radius 1 is 0.938 bits per heavy atom. The lowest BCUT2D eigenvalue weighted by atomic mass is 10.1. The molecule has 0 unspecified atom stereocenters. The summed E-state index contributed by atoms with van der Waals surface area (Å²) < 4.78 is 11.1. The number of ether oxygens (including phenoxy) is 2. The molecule has 4 aromatic rings. The maximum atomic E-state index is 12.7. The van der Waals surface area contributed by atoms with E-state index >= 15 is 0 Å². The minimum atomic E-state index is -0.280. The number of carbonyl (C=O) groups is 1. The minimum absolute atomic E-state index is 0.280. The van der Waals surface area contributed by atoms with E-state index in [9.17, 15) is 4.79 Å². The Morgan fingerprint density at radius 3 is 2.69 bits per heavy atom. The van der Waals surface area contributed by atoms with E-state index in [1.54, 1.807) is 24.5 Å². The summed E-state index contributed by atoms with van der Waals surface area (Å²) in [6.07, 6.45) is 3.31. The van der Waals surface area contributed by atoms with Crippen molar-refractivity contribution in [2.24, 2.45) is 0 Å². The maximum Gasteiger partial charge on any atom is 0.270 e. The fourth-order valence-corrected chi connectivity index (χ4v) is 3.65. The normalized spacial score (nSPS) is 12.4. The van der Waals surface area contributed by atoms with Crippen LogP contribution in [0.4, 0.5) is 11.5 Å². The Morgan fingerprint density at radius 2 is 1.78 bits per heavy atom. The van der Waals surface area contributed by atoms with Crippen LogP contribution >= 0.6 is 11.6 Å². The van der Waals surface area contributed by atoms with Gasteiger partial charge in [-0.15, -0.1) is 0 Å².